The molecule has 100 valence electrons. The Morgan fingerprint density at radius 2 is 2.22 bits per heavy atom. The molecular formula is C12H18N2O3S. The molecule has 1 aromatic rings. The number of ether oxygens (including phenoxy) is 1. The van der Waals surface area contributed by atoms with E-state index in [0.29, 0.717) is 13.2 Å². The van der Waals surface area contributed by atoms with Gasteiger partial charge in [0.1, 0.15) is 6.04 Å². The first kappa shape index (κ1) is 14.7. The molecule has 18 heavy (non-hydrogen) atoms. The molecule has 0 spiro atoms. The van der Waals surface area contributed by atoms with Crippen LogP contribution in [0, 0.1) is 0 Å². The number of hydrogen-bond acceptors (Lipinski definition) is 5. The molecule has 1 rings (SSSR count). The van der Waals surface area contributed by atoms with Gasteiger partial charge in [0.25, 0.3) is 0 Å². The van der Waals surface area contributed by atoms with Crippen LogP contribution < -0.4 is 10.6 Å². The van der Waals surface area contributed by atoms with Crippen LogP contribution in [0.4, 0.5) is 5.69 Å². The van der Waals surface area contributed by atoms with E-state index in [1.807, 2.05) is 11.4 Å². The van der Waals surface area contributed by atoms with Gasteiger partial charge in [-0.15, -0.1) is 11.3 Å². The summed E-state index contributed by atoms with van der Waals surface area (Å²) in [5.74, 6) is -0.372. The first-order chi connectivity index (χ1) is 8.54. The van der Waals surface area contributed by atoms with Crippen molar-refractivity contribution in [3.05, 3.63) is 16.3 Å². The number of esters is 1. The molecule has 0 aliphatic heterocycles. The van der Waals surface area contributed by atoms with Gasteiger partial charge in [0.05, 0.1) is 12.3 Å². The standard InChI is InChI=1S/C12H18N2O3S/c1-4-17-12(16)8(2)13-7-11-10(5-6-18-11)14-9(3)15/h5-6,8,13H,4,7H2,1-3H3,(H,14,15). The third kappa shape index (κ3) is 4.46. The minimum absolute atomic E-state index is 0.104. The van der Waals surface area contributed by atoms with Crippen LogP contribution in [0.5, 0.6) is 0 Å². The molecule has 1 aromatic heterocycles. The maximum Gasteiger partial charge on any atom is 0.322 e. The summed E-state index contributed by atoms with van der Waals surface area (Å²) in [7, 11) is 0. The Kier molecular flexibility index (Phi) is 5.80. The van der Waals surface area contributed by atoms with Crippen LogP contribution in [-0.2, 0) is 20.9 Å². The molecule has 0 aliphatic rings. The van der Waals surface area contributed by atoms with Crippen LogP contribution in [0.3, 0.4) is 0 Å². The number of thiophene rings is 1. The summed E-state index contributed by atoms with van der Waals surface area (Å²) in [4.78, 5) is 23.4. The zero-order chi connectivity index (χ0) is 13.5. The maximum absolute atomic E-state index is 11.4. The lowest BCUT2D eigenvalue weighted by atomic mass is 10.3. The van der Waals surface area contributed by atoms with Crippen molar-refractivity contribution in [1.29, 1.82) is 0 Å². The second-order valence-corrected chi connectivity index (χ2v) is 4.79. The van der Waals surface area contributed by atoms with Gasteiger partial charge in [-0.3, -0.25) is 14.9 Å². The zero-order valence-electron chi connectivity index (χ0n) is 10.8. The summed E-state index contributed by atoms with van der Waals surface area (Å²) in [5, 5.41) is 7.71. The van der Waals surface area contributed by atoms with Gasteiger partial charge in [-0.05, 0) is 25.3 Å². The van der Waals surface area contributed by atoms with Crippen molar-refractivity contribution in [3.8, 4) is 0 Å². The zero-order valence-corrected chi connectivity index (χ0v) is 11.6. The van der Waals surface area contributed by atoms with E-state index in [-0.39, 0.29) is 17.9 Å². The molecule has 5 nitrogen and oxygen atoms in total. The Balaban J connectivity index is 2.50. The second-order valence-electron chi connectivity index (χ2n) is 3.79. The van der Waals surface area contributed by atoms with E-state index in [4.69, 9.17) is 4.74 Å². The van der Waals surface area contributed by atoms with E-state index in [9.17, 15) is 9.59 Å². The Bertz CT molecular complexity index is 417. The molecule has 0 saturated carbocycles. The Labute approximate surface area is 111 Å². The molecule has 0 fully saturated rings. The fourth-order valence-corrected chi connectivity index (χ4v) is 2.16. The highest BCUT2D eigenvalue weighted by molar-refractivity contribution is 7.10. The number of carbonyl (C=O) groups excluding carboxylic acids is 2. The van der Waals surface area contributed by atoms with Gasteiger partial charge in [0, 0.05) is 18.3 Å². The number of rotatable bonds is 6. The van der Waals surface area contributed by atoms with Crippen molar-refractivity contribution >= 4 is 28.9 Å². The van der Waals surface area contributed by atoms with Crippen LogP contribution in [-0.4, -0.2) is 24.5 Å². The second kappa shape index (κ2) is 7.13. The highest BCUT2D eigenvalue weighted by atomic mass is 32.1. The molecule has 6 heteroatoms. The molecule has 1 unspecified atom stereocenters. The maximum atomic E-state index is 11.4. The largest absolute Gasteiger partial charge is 0.465 e. The van der Waals surface area contributed by atoms with Gasteiger partial charge < -0.3 is 10.1 Å². The lowest BCUT2D eigenvalue weighted by Crippen LogP contribution is -2.34. The molecule has 1 atom stereocenters. The van der Waals surface area contributed by atoms with Crippen molar-refractivity contribution in [2.75, 3.05) is 11.9 Å². The average molecular weight is 270 g/mol. The van der Waals surface area contributed by atoms with Gasteiger partial charge in [-0.1, -0.05) is 0 Å². The molecule has 0 bridgehead atoms. The molecule has 1 amide bonds. The van der Waals surface area contributed by atoms with Crippen LogP contribution in [0.2, 0.25) is 0 Å². The van der Waals surface area contributed by atoms with Crippen molar-refractivity contribution in [2.24, 2.45) is 0 Å². The highest BCUT2D eigenvalue weighted by Crippen LogP contribution is 2.22. The predicted octanol–water partition coefficient (Wildman–Crippen LogP) is 1.75. The quantitative estimate of drug-likeness (QED) is 0.773. The number of nitrogens with one attached hydrogen (secondary N) is 2. The monoisotopic (exact) mass is 270 g/mol. The lowest BCUT2D eigenvalue weighted by Gasteiger charge is -2.12. The van der Waals surface area contributed by atoms with Crippen molar-refractivity contribution in [3.63, 3.8) is 0 Å². The molecule has 2 N–H and O–H groups in total. The molecule has 0 aromatic carbocycles. The molecule has 0 aliphatic carbocycles. The Morgan fingerprint density at radius 1 is 1.50 bits per heavy atom. The average Bonchev–Trinajstić information content (AvgIpc) is 2.72. The first-order valence-electron chi connectivity index (χ1n) is 5.78. The van der Waals surface area contributed by atoms with Gasteiger partial charge in [0.2, 0.25) is 5.91 Å². The smallest absolute Gasteiger partial charge is 0.322 e. The lowest BCUT2D eigenvalue weighted by molar-refractivity contribution is -0.145. The summed E-state index contributed by atoms with van der Waals surface area (Å²) in [6.45, 7) is 5.90. The van der Waals surface area contributed by atoms with E-state index in [1.165, 1.54) is 18.3 Å². The summed E-state index contributed by atoms with van der Waals surface area (Å²) >= 11 is 1.53. The van der Waals surface area contributed by atoms with E-state index in [2.05, 4.69) is 10.6 Å². The summed E-state index contributed by atoms with van der Waals surface area (Å²) in [6, 6.07) is 1.48. The molecular weight excluding hydrogens is 252 g/mol. The topological polar surface area (TPSA) is 67.4 Å². The summed E-state index contributed by atoms with van der Waals surface area (Å²) in [6.07, 6.45) is 0. The van der Waals surface area contributed by atoms with E-state index in [0.717, 1.165) is 10.6 Å². The van der Waals surface area contributed by atoms with Crippen molar-refractivity contribution in [1.82, 2.24) is 5.32 Å². The summed E-state index contributed by atoms with van der Waals surface area (Å²) in [5.41, 5.74) is 0.788. The minimum Gasteiger partial charge on any atom is -0.465 e. The third-order valence-electron chi connectivity index (χ3n) is 2.27. The number of hydrogen-bond donors (Lipinski definition) is 2. The van der Waals surface area contributed by atoms with Crippen LogP contribution in [0.25, 0.3) is 0 Å². The van der Waals surface area contributed by atoms with Crippen molar-refractivity contribution < 1.29 is 14.3 Å². The fraction of sp³-hybridized carbons (Fsp3) is 0.500. The molecule has 0 radical (unpaired) electrons. The van der Waals surface area contributed by atoms with E-state index >= 15 is 0 Å². The predicted molar refractivity (Wildman–Crippen MR) is 71.6 cm³/mol. The van der Waals surface area contributed by atoms with Gasteiger partial charge in [0.15, 0.2) is 0 Å². The number of amides is 1. The Hall–Kier alpha value is -1.40. The van der Waals surface area contributed by atoms with Gasteiger partial charge >= 0.3 is 5.97 Å². The van der Waals surface area contributed by atoms with Crippen LogP contribution in [0.15, 0.2) is 11.4 Å². The first-order valence-corrected chi connectivity index (χ1v) is 6.66. The van der Waals surface area contributed by atoms with Crippen LogP contribution >= 0.6 is 11.3 Å². The minimum atomic E-state index is -0.364. The number of carbonyl (C=O) groups is 2. The fourth-order valence-electron chi connectivity index (χ4n) is 1.37. The van der Waals surface area contributed by atoms with Gasteiger partial charge in [-0.2, -0.15) is 0 Å². The normalized spacial score (nSPS) is 11.9. The van der Waals surface area contributed by atoms with Gasteiger partial charge in [-0.25, -0.2) is 0 Å². The van der Waals surface area contributed by atoms with E-state index in [1.54, 1.807) is 13.8 Å². The highest BCUT2D eigenvalue weighted by Gasteiger charge is 2.14. The van der Waals surface area contributed by atoms with Crippen LogP contribution in [0.1, 0.15) is 25.6 Å². The SMILES string of the molecule is CCOC(=O)C(C)NCc1sccc1NC(C)=O. The number of anilines is 1. The molecule has 1 heterocycles. The summed E-state index contributed by atoms with van der Waals surface area (Å²) < 4.78 is 4.90. The Morgan fingerprint density at radius 3 is 2.83 bits per heavy atom. The molecule has 0 saturated heterocycles. The van der Waals surface area contributed by atoms with E-state index < -0.39 is 0 Å². The third-order valence-corrected chi connectivity index (χ3v) is 3.19. The van der Waals surface area contributed by atoms with Crippen molar-refractivity contribution in [2.45, 2.75) is 33.4 Å².